The van der Waals surface area contributed by atoms with Gasteiger partial charge in [0.2, 0.25) is 0 Å². The fraction of sp³-hybridized carbons (Fsp3) is 0.429. The van der Waals surface area contributed by atoms with E-state index in [4.69, 9.17) is 10.5 Å². The van der Waals surface area contributed by atoms with Gasteiger partial charge in [0.15, 0.2) is 0 Å². The van der Waals surface area contributed by atoms with Crippen molar-refractivity contribution in [2.45, 2.75) is 12.5 Å². The number of rotatable bonds is 2. The van der Waals surface area contributed by atoms with Gasteiger partial charge >= 0.3 is 0 Å². The van der Waals surface area contributed by atoms with Crippen molar-refractivity contribution >= 4 is 5.69 Å². The summed E-state index contributed by atoms with van der Waals surface area (Å²) >= 11 is 0. The van der Waals surface area contributed by atoms with Crippen LogP contribution in [0.25, 0.3) is 0 Å². The van der Waals surface area contributed by atoms with Gasteiger partial charge in [-0.05, 0) is 31.3 Å². The van der Waals surface area contributed by atoms with Crippen molar-refractivity contribution in [2.75, 3.05) is 31.6 Å². The third-order valence-electron chi connectivity index (χ3n) is 3.34. The van der Waals surface area contributed by atoms with E-state index in [0.717, 1.165) is 25.3 Å². The molecule has 0 amide bonds. The molecule has 0 radical (unpaired) electrons. The third kappa shape index (κ3) is 2.61. The minimum atomic E-state index is 0.238. The van der Waals surface area contributed by atoms with Gasteiger partial charge in [0.1, 0.15) is 0 Å². The summed E-state index contributed by atoms with van der Waals surface area (Å²) < 4.78 is 0. The standard InChI is InChI=1S/C14H16N4/c1-17-8-9-18(14(11-17)6-7-15)13-4-2-12(10-16)3-5-13/h2-5,14H,6,8-9,11H2,1H3. The molecule has 1 saturated heterocycles. The maximum Gasteiger partial charge on any atom is 0.0991 e. The quantitative estimate of drug-likeness (QED) is 0.787. The largest absolute Gasteiger partial charge is 0.365 e. The molecular formula is C14H16N4. The number of anilines is 1. The Hall–Kier alpha value is -2.04. The van der Waals surface area contributed by atoms with Crippen LogP contribution in [-0.4, -0.2) is 37.6 Å². The lowest BCUT2D eigenvalue weighted by Gasteiger charge is -2.40. The van der Waals surface area contributed by atoms with Gasteiger partial charge in [-0.1, -0.05) is 0 Å². The van der Waals surface area contributed by atoms with Gasteiger partial charge in [-0.15, -0.1) is 0 Å². The highest BCUT2D eigenvalue weighted by Crippen LogP contribution is 2.22. The predicted octanol–water partition coefficient (Wildman–Crippen LogP) is 1.59. The first-order valence-electron chi connectivity index (χ1n) is 6.07. The van der Waals surface area contributed by atoms with Crippen LogP contribution in [-0.2, 0) is 0 Å². The van der Waals surface area contributed by atoms with Crippen LogP contribution in [0, 0.1) is 22.7 Å². The summed E-state index contributed by atoms with van der Waals surface area (Å²) in [6, 6.07) is 12.2. The Morgan fingerprint density at radius 3 is 2.56 bits per heavy atom. The molecular weight excluding hydrogens is 224 g/mol. The SMILES string of the molecule is CN1CCN(c2ccc(C#N)cc2)C(CC#N)C1. The van der Waals surface area contributed by atoms with E-state index in [-0.39, 0.29) is 6.04 Å². The second-order valence-corrected chi connectivity index (χ2v) is 4.63. The van der Waals surface area contributed by atoms with E-state index in [2.05, 4.69) is 29.0 Å². The minimum absolute atomic E-state index is 0.238. The Balaban J connectivity index is 2.19. The molecule has 1 aliphatic rings. The first-order valence-corrected chi connectivity index (χ1v) is 6.07. The average molecular weight is 240 g/mol. The summed E-state index contributed by atoms with van der Waals surface area (Å²) in [5.41, 5.74) is 1.77. The van der Waals surface area contributed by atoms with Crippen molar-refractivity contribution in [2.24, 2.45) is 0 Å². The number of likely N-dealkylation sites (N-methyl/N-ethyl adjacent to an activating group) is 1. The van der Waals surface area contributed by atoms with Crippen molar-refractivity contribution in [1.29, 1.82) is 10.5 Å². The summed E-state index contributed by atoms with van der Waals surface area (Å²) in [6.07, 6.45) is 0.532. The Morgan fingerprint density at radius 1 is 1.22 bits per heavy atom. The van der Waals surface area contributed by atoms with Gasteiger partial charge in [-0.3, -0.25) is 0 Å². The molecule has 1 aromatic carbocycles. The molecule has 0 aromatic heterocycles. The van der Waals surface area contributed by atoms with Crippen molar-refractivity contribution in [3.05, 3.63) is 29.8 Å². The molecule has 1 atom stereocenters. The second kappa shape index (κ2) is 5.53. The lowest BCUT2D eigenvalue weighted by atomic mass is 10.1. The van der Waals surface area contributed by atoms with Gasteiger partial charge < -0.3 is 9.80 Å². The minimum Gasteiger partial charge on any atom is -0.365 e. The second-order valence-electron chi connectivity index (χ2n) is 4.63. The van der Waals surface area contributed by atoms with Gasteiger partial charge in [-0.2, -0.15) is 10.5 Å². The lowest BCUT2D eigenvalue weighted by Crippen LogP contribution is -2.51. The summed E-state index contributed by atoms with van der Waals surface area (Å²) in [5, 5.41) is 17.7. The van der Waals surface area contributed by atoms with Crippen molar-refractivity contribution in [1.82, 2.24) is 4.90 Å². The zero-order valence-corrected chi connectivity index (χ0v) is 10.5. The summed E-state index contributed by atoms with van der Waals surface area (Å²) in [5.74, 6) is 0. The molecule has 1 fully saturated rings. The molecule has 2 rings (SSSR count). The molecule has 92 valence electrons. The molecule has 18 heavy (non-hydrogen) atoms. The fourth-order valence-corrected chi connectivity index (χ4v) is 2.36. The Labute approximate surface area is 108 Å². The van der Waals surface area contributed by atoms with Crippen LogP contribution in [0.15, 0.2) is 24.3 Å². The van der Waals surface area contributed by atoms with Crippen molar-refractivity contribution in [3.63, 3.8) is 0 Å². The molecule has 1 aromatic rings. The molecule has 0 N–H and O–H groups in total. The lowest BCUT2D eigenvalue weighted by molar-refractivity contribution is 0.268. The third-order valence-corrected chi connectivity index (χ3v) is 3.34. The van der Waals surface area contributed by atoms with Crippen LogP contribution in [0.1, 0.15) is 12.0 Å². The van der Waals surface area contributed by atoms with E-state index in [1.807, 2.05) is 24.3 Å². The summed E-state index contributed by atoms with van der Waals surface area (Å²) in [4.78, 5) is 4.52. The number of nitrogens with zero attached hydrogens (tertiary/aromatic N) is 4. The van der Waals surface area contributed by atoms with E-state index in [1.165, 1.54) is 0 Å². The maximum absolute atomic E-state index is 8.91. The molecule has 0 spiro atoms. The number of hydrogen-bond acceptors (Lipinski definition) is 4. The number of nitriles is 2. The fourth-order valence-electron chi connectivity index (χ4n) is 2.36. The average Bonchev–Trinajstić information content (AvgIpc) is 2.40. The first-order chi connectivity index (χ1) is 8.74. The highest BCUT2D eigenvalue weighted by molar-refractivity contribution is 5.51. The molecule has 4 nitrogen and oxygen atoms in total. The predicted molar refractivity (Wildman–Crippen MR) is 70.0 cm³/mol. The van der Waals surface area contributed by atoms with Crippen LogP contribution in [0.4, 0.5) is 5.69 Å². The van der Waals surface area contributed by atoms with Crippen LogP contribution in [0.3, 0.4) is 0 Å². The molecule has 4 heteroatoms. The molecule has 0 saturated carbocycles. The van der Waals surface area contributed by atoms with E-state index in [9.17, 15) is 0 Å². The molecule has 1 aliphatic heterocycles. The molecule has 0 aliphatic carbocycles. The first kappa shape index (κ1) is 12.4. The van der Waals surface area contributed by atoms with Crippen LogP contribution >= 0.6 is 0 Å². The number of hydrogen-bond donors (Lipinski definition) is 0. The molecule has 1 heterocycles. The number of piperazine rings is 1. The smallest absolute Gasteiger partial charge is 0.0991 e. The Bertz CT molecular complexity index is 480. The molecule has 0 bridgehead atoms. The van der Waals surface area contributed by atoms with E-state index >= 15 is 0 Å². The van der Waals surface area contributed by atoms with E-state index in [0.29, 0.717) is 12.0 Å². The monoisotopic (exact) mass is 240 g/mol. The van der Waals surface area contributed by atoms with E-state index in [1.54, 1.807) is 0 Å². The Kier molecular flexibility index (Phi) is 3.82. The zero-order valence-electron chi connectivity index (χ0n) is 10.5. The van der Waals surface area contributed by atoms with Crippen LogP contribution < -0.4 is 4.90 Å². The highest BCUT2D eigenvalue weighted by Gasteiger charge is 2.25. The summed E-state index contributed by atoms with van der Waals surface area (Å²) in [6.45, 7) is 2.84. The van der Waals surface area contributed by atoms with Crippen molar-refractivity contribution in [3.8, 4) is 12.1 Å². The van der Waals surface area contributed by atoms with Gasteiger partial charge in [0.25, 0.3) is 0 Å². The van der Waals surface area contributed by atoms with E-state index < -0.39 is 0 Å². The number of benzene rings is 1. The topological polar surface area (TPSA) is 54.1 Å². The summed E-state index contributed by atoms with van der Waals surface area (Å²) in [7, 11) is 2.08. The molecule has 1 unspecified atom stereocenters. The maximum atomic E-state index is 8.91. The zero-order chi connectivity index (χ0) is 13.0. The van der Waals surface area contributed by atoms with Gasteiger partial charge in [-0.25, -0.2) is 0 Å². The van der Waals surface area contributed by atoms with Crippen LogP contribution in [0.5, 0.6) is 0 Å². The van der Waals surface area contributed by atoms with Gasteiger partial charge in [0, 0.05) is 25.3 Å². The van der Waals surface area contributed by atoms with Crippen molar-refractivity contribution < 1.29 is 0 Å². The Morgan fingerprint density at radius 2 is 1.94 bits per heavy atom. The van der Waals surface area contributed by atoms with Gasteiger partial charge in [0.05, 0.1) is 30.2 Å². The normalized spacial score (nSPS) is 20.2. The van der Waals surface area contributed by atoms with Crippen LogP contribution in [0.2, 0.25) is 0 Å². The highest BCUT2D eigenvalue weighted by atomic mass is 15.3.